The summed E-state index contributed by atoms with van der Waals surface area (Å²) in [5.41, 5.74) is 2.70. The van der Waals surface area contributed by atoms with Gasteiger partial charge < -0.3 is 9.88 Å². The molecular weight excluding hydrogens is 395 g/mol. The lowest BCUT2D eigenvalue weighted by Gasteiger charge is -2.13. The minimum atomic E-state index is -3.57. The second-order valence-corrected chi connectivity index (χ2v) is 8.29. The van der Waals surface area contributed by atoms with Crippen molar-refractivity contribution in [3.05, 3.63) is 59.0 Å². The molecular formula is C17H16Cl2N4O2S. The second-order valence-electron chi connectivity index (χ2n) is 5.59. The van der Waals surface area contributed by atoms with Gasteiger partial charge in [-0.2, -0.15) is 0 Å². The van der Waals surface area contributed by atoms with Gasteiger partial charge in [0.2, 0.25) is 10.0 Å². The third-order valence-corrected chi connectivity index (χ3v) is 5.90. The monoisotopic (exact) mass is 410 g/mol. The molecule has 9 heteroatoms. The molecule has 0 saturated carbocycles. The van der Waals surface area contributed by atoms with Gasteiger partial charge in [-0.15, -0.1) is 0 Å². The van der Waals surface area contributed by atoms with E-state index in [0.717, 1.165) is 5.69 Å². The Labute approximate surface area is 161 Å². The highest BCUT2D eigenvalue weighted by Gasteiger charge is 2.16. The largest absolute Gasteiger partial charge is 0.355 e. The molecule has 0 amide bonds. The summed E-state index contributed by atoms with van der Waals surface area (Å²) in [4.78, 5) is 4.48. The number of anilines is 2. The van der Waals surface area contributed by atoms with Crippen LogP contribution in [0, 0.1) is 0 Å². The van der Waals surface area contributed by atoms with Crippen LogP contribution in [0.25, 0.3) is 11.3 Å². The van der Waals surface area contributed by atoms with Crippen molar-refractivity contribution in [1.29, 1.82) is 0 Å². The Hall–Kier alpha value is -2.06. The lowest BCUT2D eigenvalue weighted by Crippen LogP contribution is -2.18. The Morgan fingerprint density at radius 3 is 2.46 bits per heavy atom. The average Bonchev–Trinajstić information content (AvgIpc) is 3.04. The van der Waals surface area contributed by atoms with Gasteiger partial charge in [-0.1, -0.05) is 23.2 Å². The minimum Gasteiger partial charge on any atom is -0.355 e. The molecule has 0 aliphatic carbocycles. The van der Waals surface area contributed by atoms with Gasteiger partial charge in [0.1, 0.15) is 0 Å². The van der Waals surface area contributed by atoms with Crippen LogP contribution in [0.2, 0.25) is 10.0 Å². The van der Waals surface area contributed by atoms with E-state index in [0.29, 0.717) is 27.0 Å². The predicted molar refractivity (Wildman–Crippen MR) is 105 cm³/mol. The Morgan fingerprint density at radius 2 is 1.85 bits per heavy atom. The molecule has 136 valence electrons. The SMILES string of the molecule is CNS(=O)(=O)c1ccc(Nc2ccc(Cl)c(Cl)c2)c(-c2cn(C)cn2)c1. The number of benzene rings is 2. The van der Waals surface area contributed by atoms with E-state index in [4.69, 9.17) is 23.2 Å². The van der Waals surface area contributed by atoms with Crippen LogP contribution < -0.4 is 10.0 Å². The van der Waals surface area contributed by atoms with Crippen LogP contribution >= 0.6 is 23.2 Å². The highest BCUT2D eigenvalue weighted by atomic mass is 35.5. The maximum absolute atomic E-state index is 12.2. The number of sulfonamides is 1. The van der Waals surface area contributed by atoms with Gasteiger partial charge in [-0.05, 0) is 43.4 Å². The van der Waals surface area contributed by atoms with Crippen LogP contribution in [-0.4, -0.2) is 25.0 Å². The Balaban J connectivity index is 2.10. The molecule has 0 aliphatic rings. The number of nitrogens with zero attached hydrogens (tertiary/aromatic N) is 2. The standard InChI is InChI=1S/C17H16Cl2N4O2S/c1-20-26(24,25)12-4-6-16(13(8-12)17-9-23(2)10-21-17)22-11-3-5-14(18)15(19)7-11/h3-10,20,22H,1-2H3. The maximum atomic E-state index is 12.2. The lowest BCUT2D eigenvalue weighted by atomic mass is 10.1. The number of nitrogens with one attached hydrogen (secondary N) is 2. The fourth-order valence-electron chi connectivity index (χ4n) is 2.41. The van der Waals surface area contributed by atoms with Gasteiger partial charge in [0.15, 0.2) is 0 Å². The summed E-state index contributed by atoms with van der Waals surface area (Å²) in [6.45, 7) is 0. The van der Waals surface area contributed by atoms with Crippen molar-refractivity contribution in [2.45, 2.75) is 4.90 Å². The molecule has 2 N–H and O–H groups in total. The molecule has 0 fully saturated rings. The van der Waals surface area contributed by atoms with Gasteiger partial charge >= 0.3 is 0 Å². The van der Waals surface area contributed by atoms with Crippen molar-refractivity contribution in [1.82, 2.24) is 14.3 Å². The van der Waals surface area contributed by atoms with Gasteiger partial charge in [0, 0.05) is 30.2 Å². The Kier molecular flexibility index (Phi) is 5.24. The summed E-state index contributed by atoms with van der Waals surface area (Å²) in [6, 6.07) is 9.97. The normalized spacial score (nSPS) is 11.5. The van der Waals surface area contributed by atoms with Crippen LogP contribution in [0.3, 0.4) is 0 Å². The molecule has 1 aromatic heterocycles. The summed E-state index contributed by atoms with van der Waals surface area (Å²) in [5, 5.41) is 4.12. The Morgan fingerprint density at radius 1 is 1.08 bits per heavy atom. The summed E-state index contributed by atoms with van der Waals surface area (Å²) < 4.78 is 28.4. The highest BCUT2D eigenvalue weighted by Crippen LogP contribution is 2.33. The number of imidazole rings is 1. The smallest absolute Gasteiger partial charge is 0.240 e. The molecule has 26 heavy (non-hydrogen) atoms. The lowest BCUT2D eigenvalue weighted by molar-refractivity contribution is 0.588. The number of aromatic nitrogens is 2. The summed E-state index contributed by atoms with van der Waals surface area (Å²) in [7, 11) is -0.358. The van der Waals surface area contributed by atoms with Gasteiger partial charge in [-0.25, -0.2) is 18.1 Å². The van der Waals surface area contributed by atoms with Crippen LogP contribution in [-0.2, 0) is 17.1 Å². The van der Waals surface area contributed by atoms with E-state index in [1.165, 1.54) is 13.1 Å². The second kappa shape index (κ2) is 7.28. The van der Waals surface area contributed by atoms with Crippen LogP contribution in [0.15, 0.2) is 53.8 Å². The minimum absolute atomic E-state index is 0.153. The number of rotatable bonds is 5. The fourth-order valence-corrected chi connectivity index (χ4v) is 3.46. The van der Waals surface area contributed by atoms with Crippen LogP contribution in [0.1, 0.15) is 0 Å². The molecule has 0 saturated heterocycles. The van der Waals surface area contributed by atoms with E-state index in [-0.39, 0.29) is 4.90 Å². The quantitative estimate of drug-likeness (QED) is 0.664. The topological polar surface area (TPSA) is 76.0 Å². The molecule has 0 spiro atoms. The van der Waals surface area contributed by atoms with E-state index in [2.05, 4.69) is 15.0 Å². The zero-order valence-corrected chi connectivity index (χ0v) is 16.3. The number of hydrogen-bond acceptors (Lipinski definition) is 4. The molecule has 0 radical (unpaired) electrons. The van der Waals surface area contributed by atoms with Crippen LogP contribution in [0.4, 0.5) is 11.4 Å². The van der Waals surface area contributed by atoms with Crippen molar-refractivity contribution in [2.24, 2.45) is 7.05 Å². The maximum Gasteiger partial charge on any atom is 0.240 e. The van der Waals surface area contributed by atoms with Crippen LogP contribution in [0.5, 0.6) is 0 Å². The first-order valence-electron chi connectivity index (χ1n) is 7.58. The van der Waals surface area contributed by atoms with E-state index >= 15 is 0 Å². The third kappa shape index (κ3) is 3.86. The fraction of sp³-hybridized carbons (Fsp3) is 0.118. The molecule has 2 aromatic carbocycles. The number of aryl methyl sites for hydroxylation is 1. The first-order valence-corrected chi connectivity index (χ1v) is 9.82. The highest BCUT2D eigenvalue weighted by molar-refractivity contribution is 7.89. The number of halogens is 2. The molecule has 1 heterocycles. The zero-order valence-electron chi connectivity index (χ0n) is 14.0. The first-order chi connectivity index (χ1) is 12.3. The predicted octanol–water partition coefficient (Wildman–Crippen LogP) is 4.05. The molecule has 0 bridgehead atoms. The van der Waals surface area contributed by atoms with Crippen molar-refractivity contribution in [3.8, 4) is 11.3 Å². The third-order valence-electron chi connectivity index (χ3n) is 3.75. The summed E-state index contributed by atoms with van der Waals surface area (Å²) in [5.74, 6) is 0. The van der Waals surface area contributed by atoms with E-state index < -0.39 is 10.0 Å². The van der Waals surface area contributed by atoms with Gasteiger partial charge in [0.25, 0.3) is 0 Å². The molecule has 6 nitrogen and oxygen atoms in total. The summed E-state index contributed by atoms with van der Waals surface area (Å²) in [6.07, 6.45) is 3.46. The first kappa shape index (κ1) is 18.7. The van der Waals surface area contributed by atoms with E-state index in [9.17, 15) is 8.42 Å². The zero-order chi connectivity index (χ0) is 18.9. The van der Waals surface area contributed by atoms with Crippen molar-refractivity contribution >= 4 is 44.6 Å². The Bertz CT molecular complexity index is 1060. The van der Waals surface area contributed by atoms with Crippen molar-refractivity contribution < 1.29 is 8.42 Å². The molecule has 3 rings (SSSR count). The number of hydrogen-bond donors (Lipinski definition) is 2. The van der Waals surface area contributed by atoms with E-state index in [1.54, 1.807) is 41.2 Å². The molecule has 0 atom stereocenters. The molecule has 0 unspecified atom stereocenters. The van der Waals surface area contributed by atoms with Gasteiger partial charge in [0.05, 0.1) is 27.0 Å². The van der Waals surface area contributed by atoms with Gasteiger partial charge in [-0.3, -0.25) is 0 Å². The molecule has 0 aliphatic heterocycles. The summed E-state index contributed by atoms with van der Waals surface area (Å²) >= 11 is 12.0. The van der Waals surface area contributed by atoms with Crippen molar-refractivity contribution in [2.75, 3.05) is 12.4 Å². The average molecular weight is 411 g/mol. The van der Waals surface area contributed by atoms with Crippen molar-refractivity contribution in [3.63, 3.8) is 0 Å². The van der Waals surface area contributed by atoms with E-state index in [1.807, 2.05) is 13.2 Å². The molecule has 3 aromatic rings.